The molecule has 0 bridgehead atoms. The van der Waals surface area contributed by atoms with Gasteiger partial charge in [0.25, 0.3) is 11.8 Å². The topological polar surface area (TPSA) is 71.5 Å². The Labute approximate surface area is 111 Å². The maximum absolute atomic E-state index is 13.2. The quantitative estimate of drug-likeness (QED) is 0.615. The Morgan fingerprint density at radius 3 is 1.78 bits per heavy atom. The first-order valence-electron chi connectivity index (χ1n) is 4.47. The van der Waals surface area contributed by atoms with Crippen LogP contribution in [0.1, 0.15) is 20.7 Å². The predicted octanol–water partition coefficient (Wildman–Crippen LogP) is 1.67. The Morgan fingerprint density at radius 2 is 1.44 bits per heavy atom. The smallest absolute Gasteiger partial charge is 0.267 e. The third kappa shape index (κ3) is 1.70. The second kappa shape index (κ2) is 3.91. The summed E-state index contributed by atoms with van der Waals surface area (Å²) in [6, 6.07) is 5.36. The summed E-state index contributed by atoms with van der Waals surface area (Å²) < 4.78 is 32.3. The molecule has 9 heteroatoms. The summed E-state index contributed by atoms with van der Waals surface area (Å²) in [5.41, 5.74) is -0.299. The number of sulfonamides is 1. The number of hydrogen-bond acceptors (Lipinski definition) is 4. The monoisotopic (exact) mass is 311 g/mol. The van der Waals surface area contributed by atoms with E-state index in [0.29, 0.717) is 0 Å². The number of carbonyl (C=O) groups is 2. The Bertz CT molecular complexity index is 618. The van der Waals surface area contributed by atoms with Gasteiger partial charge in [0.1, 0.15) is 0 Å². The van der Waals surface area contributed by atoms with Gasteiger partial charge >= 0.3 is 13.9 Å². The van der Waals surface area contributed by atoms with E-state index in [2.05, 4.69) is 0 Å². The third-order valence-corrected chi connectivity index (χ3v) is 4.86. The highest BCUT2D eigenvalue weighted by atomic mass is 35.5. The van der Waals surface area contributed by atoms with Crippen LogP contribution in [-0.2, 0) is 10.0 Å². The van der Waals surface area contributed by atoms with Gasteiger partial charge < -0.3 is 0 Å². The lowest BCUT2D eigenvalue weighted by Gasteiger charge is -2.18. The Kier molecular flexibility index (Phi) is 2.88. The van der Waals surface area contributed by atoms with Crippen LogP contribution in [0.25, 0.3) is 0 Å². The van der Waals surface area contributed by atoms with E-state index in [1.807, 2.05) is 0 Å². The van der Waals surface area contributed by atoms with E-state index in [9.17, 15) is 22.4 Å². The minimum absolute atomic E-state index is 0.149. The molecule has 0 saturated carbocycles. The molecule has 1 aromatic carbocycles. The fourth-order valence-corrected chi connectivity index (χ4v) is 2.74. The number of alkyl halides is 3. The summed E-state index contributed by atoms with van der Waals surface area (Å²) in [6.07, 6.45) is 0. The number of benzene rings is 1. The van der Waals surface area contributed by atoms with Crippen molar-refractivity contribution in [3.63, 3.8) is 0 Å². The minimum Gasteiger partial charge on any atom is -0.267 e. The lowest BCUT2D eigenvalue weighted by molar-refractivity contribution is 0.0762. The Balaban J connectivity index is 2.61. The molecule has 0 aliphatic carbocycles. The van der Waals surface area contributed by atoms with E-state index < -0.39 is 25.8 Å². The molecule has 2 rings (SSSR count). The van der Waals surface area contributed by atoms with E-state index in [0.717, 1.165) is 0 Å². The maximum Gasteiger partial charge on any atom is 0.377 e. The number of halogens is 3. The van der Waals surface area contributed by atoms with E-state index >= 15 is 0 Å². The molecule has 0 fully saturated rings. The van der Waals surface area contributed by atoms with Crippen molar-refractivity contribution in [2.75, 3.05) is 0 Å². The Hall–Kier alpha value is -1.18. The number of fused-ring (bicyclic) bond motifs is 1. The van der Waals surface area contributed by atoms with Crippen molar-refractivity contribution in [2.24, 2.45) is 0 Å². The van der Waals surface area contributed by atoms with E-state index in [1.165, 1.54) is 24.3 Å². The zero-order chi connectivity index (χ0) is 13.7. The highest BCUT2D eigenvalue weighted by Crippen LogP contribution is 2.36. The van der Waals surface area contributed by atoms with Crippen molar-refractivity contribution in [3.8, 4) is 0 Å². The van der Waals surface area contributed by atoms with Gasteiger partial charge in [-0.1, -0.05) is 12.1 Å². The summed E-state index contributed by atoms with van der Waals surface area (Å²) in [7, 11) is -5.14. The lowest BCUT2D eigenvalue weighted by Crippen LogP contribution is -2.43. The van der Waals surface area contributed by atoms with Crippen LogP contribution in [0.3, 0.4) is 0 Å². The van der Waals surface area contributed by atoms with Gasteiger partial charge in [-0.15, -0.1) is 0 Å². The SMILES string of the molecule is O=C1c2ccccc2C(=O)N1S(=O)(=O)C(F)(Cl)Cl. The molecule has 0 atom stereocenters. The van der Waals surface area contributed by atoms with Gasteiger partial charge in [-0.2, -0.15) is 17.1 Å². The minimum atomic E-state index is -5.14. The van der Waals surface area contributed by atoms with Gasteiger partial charge in [0.05, 0.1) is 11.1 Å². The molecule has 1 aromatic rings. The highest BCUT2D eigenvalue weighted by Gasteiger charge is 2.53. The highest BCUT2D eigenvalue weighted by molar-refractivity contribution is 7.94. The Morgan fingerprint density at radius 1 is 1.06 bits per heavy atom. The molecule has 0 spiro atoms. The molecule has 0 radical (unpaired) electrons. The molecule has 0 saturated heterocycles. The molecule has 0 unspecified atom stereocenters. The van der Waals surface area contributed by atoms with Crippen molar-refractivity contribution >= 4 is 45.0 Å². The molecule has 2 amide bonds. The van der Waals surface area contributed by atoms with Crippen LogP contribution in [0.5, 0.6) is 0 Å². The van der Waals surface area contributed by atoms with Gasteiger partial charge in [0.2, 0.25) is 0 Å². The van der Waals surface area contributed by atoms with E-state index in [-0.39, 0.29) is 15.4 Å². The van der Waals surface area contributed by atoms with Crippen molar-refractivity contribution < 1.29 is 22.4 Å². The summed E-state index contributed by atoms with van der Waals surface area (Å²) >= 11 is 9.69. The lowest BCUT2D eigenvalue weighted by atomic mass is 10.1. The number of nitrogens with zero attached hydrogens (tertiary/aromatic N) is 1. The first kappa shape index (κ1) is 13.3. The normalized spacial score (nSPS) is 16.1. The molecule has 1 heterocycles. The van der Waals surface area contributed by atoms with Crippen molar-refractivity contribution in [1.29, 1.82) is 0 Å². The molecule has 1 aliphatic rings. The predicted molar refractivity (Wildman–Crippen MR) is 61.4 cm³/mol. The first-order valence-corrected chi connectivity index (χ1v) is 6.67. The number of amides is 2. The van der Waals surface area contributed by atoms with Crippen LogP contribution in [-0.4, -0.2) is 28.5 Å². The van der Waals surface area contributed by atoms with Gasteiger partial charge in [-0.05, 0) is 35.3 Å². The summed E-state index contributed by atoms with van der Waals surface area (Å²) in [5.74, 6) is -2.36. The van der Waals surface area contributed by atoms with Gasteiger partial charge in [-0.25, -0.2) is 0 Å². The first-order chi connectivity index (χ1) is 8.18. The van der Waals surface area contributed by atoms with Crippen LogP contribution >= 0.6 is 23.2 Å². The molecular formula is C9H4Cl2FNO4S. The van der Waals surface area contributed by atoms with Crippen LogP contribution in [0.15, 0.2) is 24.3 Å². The zero-order valence-corrected chi connectivity index (χ0v) is 10.8. The third-order valence-electron chi connectivity index (χ3n) is 2.29. The summed E-state index contributed by atoms with van der Waals surface area (Å²) in [5, 5.41) is 0. The molecule has 1 aliphatic heterocycles. The van der Waals surface area contributed by atoms with Gasteiger partial charge in [-0.3, -0.25) is 9.59 Å². The van der Waals surface area contributed by atoms with Gasteiger partial charge in [0.15, 0.2) is 0 Å². The number of imide groups is 1. The fourth-order valence-electron chi connectivity index (χ4n) is 1.49. The second-order valence-corrected chi connectivity index (χ2v) is 6.93. The fraction of sp³-hybridized carbons (Fsp3) is 0.111. The molecule has 0 N–H and O–H groups in total. The number of rotatable bonds is 2. The van der Waals surface area contributed by atoms with Gasteiger partial charge in [0, 0.05) is 0 Å². The molecule has 18 heavy (non-hydrogen) atoms. The van der Waals surface area contributed by atoms with Crippen molar-refractivity contribution in [2.45, 2.75) is 3.92 Å². The summed E-state index contributed by atoms with van der Waals surface area (Å²) in [6.45, 7) is 0. The van der Waals surface area contributed by atoms with Crippen LogP contribution in [0.2, 0.25) is 0 Å². The average molecular weight is 312 g/mol. The van der Waals surface area contributed by atoms with Crippen molar-refractivity contribution in [1.82, 2.24) is 4.31 Å². The van der Waals surface area contributed by atoms with Crippen LogP contribution in [0.4, 0.5) is 4.39 Å². The van der Waals surface area contributed by atoms with Crippen LogP contribution in [0, 0.1) is 0 Å². The maximum atomic E-state index is 13.2. The molecule has 96 valence electrons. The molecule has 5 nitrogen and oxygen atoms in total. The largest absolute Gasteiger partial charge is 0.377 e. The van der Waals surface area contributed by atoms with E-state index in [1.54, 1.807) is 0 Å². The second-order valence-electron chi connectivity index (χ2n) is 3.37. The van der Waals surface area contributed by atoms with E-state index in [4.69, 9.17) is 23.2 Å². The number of carbonyl (C=O) groups excluding carboxylic acids is 2. The standard InChI is InChI=1S/C9H4Cl2FNO4S/c10-9(11,12)18(16,17)13-7(14)5-3-1-2-4-6(5)8(13)15/h1-4H. The average Bonchev–Trinajstić information content (AvgIpc) is 2.51. The van der Waals surface area contributed by atoms with Crippen molar-refractivity contribution in [3.05, 3.63) is 35.4 Å². The number of hydrogen-bond donors (Lipinski definition) is 0. The van der Waals surface area contributed by atoms with Crippen LogP contribution < -0.4 is 0 Å². The molecule has 0 aromatic heterocycles. The zero-order valence-electron chi connectivity index (χ0n) is 8.43. The summed E-state index contributed by atoms with van der Waals surface area (Å²) in [4.78, 5) is 23.5. The molecular weight excluding hydrogens is 308 g/mol.